The van der Waals surface area contributed by atoms with E-state index >= 15 is 0 Å². The van der Waals surface area contributed by atoms with E-state index in [0.717, 1.165) is 28.1 Å². The normalized spacial score (nSPS) is 18.6. The SMILES string of the molecule is Cc1cccc(/C=C/C(=O)N(C)Cc2c(C)nn([C@H]3CCS(=O)(=O)C3)c2C)c1. The van der Waals surface area contributed by atoms with Gasteiger partial charge in [-0.25, -0.2) is 8.42 Å². The zero-order valence-electron chi connectivity index (χ0n) is 16.8. The van der Waals surface area contributed by atoms with Gasteiger partial charge in [-0.3, -0.25) is 9.48 Å². The van der Waals surface area contributed by atoms with Crippen molar-refractivity contribution in [2.24, 2.45) is 0 Å². The summed E-state index contributed by atoms with van der Waals surface area (Å²) in [5.41, 5.74) is 4.88. The van der Waals surface area contributed by atoms with Crippen LogP contribution in [-0.4, -0.2) is 47.6 Å². The largest absolute Gasteiger partial charge is 0.338 e. The molecule has 1 aliphatic rings. The first-order valence-corrected chi connectivity index (χ1v) is 11.2. The Morgan fingerprint density at radius 1 is 1.32 bits per heavy atom. The Balaban J connectivity index is 1.71. The molecule has 0 aliphatic carbocycles. The number of aromatic nitrogens is 2. The molecule has 28 heavy (non-hydrogen) atoms. The highest BCUT2D eigenvalue weighted by Crippen LogP contribution is 2.27. The second kappa shape index (κ2) is 7.91. The average molecular weight is 402 g/mol. The molecule has 1 amide bonds. The van der Waals surface area contributed by atoms with E-state index < -0.39 is 9.84 Å². The van der Waals surface area contributed by atoms with Gasteiger partial charge in [0.2, 0.25) is 5.91 Å². The topological polar surface area (TPSA) is 72.3 Å². The molecule has 0 N–H and O–H groups in total. The van der Waals surface area contributed by atoms with Crippen molar-refractivity contribution in [2.75, 3.05) is 18.6 Å². The maximum atomic E-state index is 12.5. The number of carbonyl (C=O) groups excluding carboxylic acids is 1. The highest BCUT2D eigenvalue weighted by Gasteiger charge is 2.31. The van der Waals surface area contributed by atoms with Gasteiger partial charge in [0.15, 0.2) is 9.84 Å². The fourth-order valence-corrected chi connectivity index (χ4v) is 5.33. The minimum atomic E-state index is -2.97. The van der Waals surface area contributed by atoms with Crippen molar-refractivity contribution >= 4 is 21.8 Å². The quantitative estimate of drug-likeness (QED) is 0.722. The minimum absolute atomic E-state index is 0.0866. The summed E-state index contributed by atoms with van der Waals surface area (Å²) in [4.78, 5) is 14.2. The van der Waals surface area contributed by atoms with Crippen molar-refractivity contribution in [1.29, 1.82) is 0 Å². The summed E-state index contributed by atoms with van der Waals surface area (Å²) in [6.07, 6.45) is 3.99. The lowest BCUT2D eigenvalue weighted by Crippen LogP contribution is -2.24. The molecular weight excluding hydrogens is 374 g/mol. The number of sulfone groups is 1. The first kappa shape index (κ1) is 20.3. The predicted octanol–water partition coefficient (Wildman–Crippen LogP) is 2.84. The van der Waals surface area contributed by atoms with Gasteiger partial charge in [0.05, 0.1) is 23.2 Å². The first-order valence-electron chi connectivity index (χ1n) is 9.41. The van der Waals surface area contributed by atoms with Gasteiger partial charge in [-0.15, -0.1) is 0 Å². The molecule has 7 heteroatoms. The molecule has 1 saturated heterocycles. The maximum absolute atomic E-state index is 12.5. The number of nitrogens with zero attached hydrogens (tertiary/aromatic N) is 3. The molecule has 1 aliphatic heterocycles. The van der Waals surface area contributed by atoms with E-state index in [-0.39, 0.29) is 23.5 Å². The maximum Gasteiger partial charge on any atom is 0.246 e. The van der Waals surface area contributed by atoms with E-state index in [1.54, 1.807) is 18.0 Å². The third-order valence-electron chi connectivity index (χ3n) is 5.26. The van der Waals surface area contributed by atoms with Crippen LogP contribution in [0.5, 0.6) is 0 Å². The molecule has 0 spiro atoms. The number of rotatable bonds is 5. The van der Waals surface area contributed by atoms with Gasteiger partial charge in [0, 0.05) is 30.9 Å². The lowest BCUT2D eigenvalue weighted by Gasteiger charge is -2.16. The summed E-state index contributed by atoms with van der Waals surface area (Å²) in [7, 11) is -1.21. The van der Waals surface area contributed by atoms with E-state index in [1.165, 1.54) is 0 Å². The Morgan fingerprint density at radius 2 is 2.07 bits per heavy atom. The Kier molecular flexibility index (Phi) is 5.74. The summed E-state index contributed by atoms with van der Waals surface area (Å²) < 4.78 is 25.4. The van der Waals surface area contributed by atoms with Crippen molar-refractivity contribution in [3.63, 3.8) is 0 Å². The molecule has 1 fully saturated rings. The number of carbonyl (C=O) groups is 1. The Morgan fingerprint density at radius 3 is 2.71 bits per heavy atom. The number of hydrogen-bond donors (Lipinski definition) is 0. The van der Waals surface area contributed by atoms with Crippen LogP contribution in [0, 0.1) is 20.8 Å². The number of benzene rings is 1. The molecule has 6 nitrogen and oxygen atoms in total. The second-order valence-corrected chi connectivity index (χ2v) is 9.82. The van der Waals surface area contributed by atoms with Crippen LogP contribution in [0.25, 0.3) is 6.08 Å². The molecule has 0 unspecified atom stereocenters. The molecule has 0 saturated carbocycles. The van der Waals surface area contributed by atoms with Crippen LogP contribution in [0.15, 0.2) is 30.3 Å². The number of aryl methyl sites for hydroxylation is 2. The van der Waals surface area contributed by atoms with E-state index in [1.807, 2.05) is 55.8 Å². The van der Waals surface area contributed by atoms with Gasteiger partial charge in [-0.1, -0.05) is 29.8 Å². The summed E-state index contributed by atoms with van der Waals surface area (Å²) in [6.45, 7) is 6.31. The standard InChI is InChI=1S/C21H27N3O3S/c1-15-6-5-7-18(12-15)8-9-21(25)23(4)13-20-16(2)22-24(17(20)3)19-10-11-28(26,27)14-19/h5-9,12,19H,10-11,13-14H2,1-4H3/b9-8+/t19-/m0/s1. The average Bonchev–Trinajstić information content (AvgIpc) is 3.13. The summed E-state index contributed by atoms with van der Waals surface area (Å²) in [5, 5.41) is 4.57. The van der Waals surface area contributed by atoms with Crippen LogP contribution in [0.3, 0.4) is 0 Å². The Bertz CT molecular complexity index is 1020. The third-order valence-corrected chi connectivity index (χ3v) is 7.01. The lowest BCUT2D eigenvalue weighted by molar-refractivity contribution is -0.125. The molecule has 2 heterocycles. The number of amides is 1. The lowest BCUT2D eigenvalue weighted by atomic mass is 10.1. The molecule has 0 bridgehead atoms. The van der Waals surface area contributed by atoms with Gasteiger partial charge in [0.25, 0.3) is 0 Å². The molecule has 1 aromatic heterocycles. The Hall–Kier alpha value is -2.41. The predicted molar refractivity (Wildman–Crippen MR) is 111 cm³/mol. The molecule has 1 aromatic carbocycles. The van der Waals surface area contributed by atoms with Crippen LogP contribution in [-0.2, 0) is 21.2 Å². The third kappa shape index (κ3) is 4.52. The van der Waals surface area contributed by atoms with Gasteiger partial charge in [0.1, 0.15) is 0 Å². The van der Waals surface area contributed by atoms with Crippen LogP contribution in [0.2, 0.25) is 0 Å². The first-order chi connectivity index (χ1) is 13.2. The molecule has 150 valence electrons. The van der Waals surface area contributed by atoms with E-state index in [9.17, 15) is 13.2 Å². The van der Waals surface area contributed by atoms with Crippen LogP contribution in [0.4, 0.5) is 0 Å². The monoisotopic (exact) mass is 401 g/mol. The summed E-state index contributed by atoms with van der Waals surface area (Å²) in [6, 6.07) is 7.86. The summed E-state index contributed by atoms with van der Waals surface area (Å²) in [5.74, 6) is 0.270. The Labute approximate surface area is 166 Å². The van der Waals surface area contributed by atoms with Crippen LogP contribution < -0.4 is 0 Å². The van der Waals surface area contributed by atoms with Crippen molar-refractivity contribution in [2.45, 2.75) is 39.8 Å². The van der Waals surface area contributed by atoms with Crippen molar-refractivity contribution in [3.05, 3.63) is 58.4 Å². The highest BCUT2D eigenvalue weighted by atomic mass is 32.2. The van der Waals surface area contributed by atoms with Gasteiger partial charge in [-0.2, -0.15) is 5.10 Å². The van der Waals surface area contributed by atoms with Crippen LogP contribution in [0.1, 0.15) is 40.5 Å². The zero-order chi connectivity index (χ0) is 20.5. The van der Waals surface area contributed by atoms with E-state index in [0.29, 0.717) is 13.0 Å². The van der Waals surface area contributed by atoms with Crippen LogP contribution >= 0.6 is 0 Å². The number of hydrogen-bond acceptors (Lipinski definition) is 4. The smallest absolute Gasteiger partial charge is 0.246 e. The highest BCUT2D eigenvalue weighted by molar-refractivity contribution is 7.91. The van der Waals surface area contributed by atoms with E-state index in [2.05, 4.69) is 5.10 Å². The van der Waals surface area contributed by atoms with Gasteiger partial charge >= 0.3 is 0 Å². The summed E-state index contributed by atoms with van der Waals surface area (Å²) >= 11 is 0. The molecule has 2 aromatic rings. The van der Waals surface area contributed by atoms with Gasteiger partial charge in [-0.05, 0) is 38.8 Å². The van der Waals surface area contributed by atoms with Gasteiger partial charge < -0.3 is 4.90 Å². The molecule has 1 atom stereocenters. The molecule has 3 rings (SSSR count). The van der Waals surface area contributed by atoms with Crippen molar-refractivity contribution < 1.29 is 13.2 Å². The van der Waals surface area contributed by atoms with E-state index in [4.69, 9.17) is 0 Å². The van der Waals surface area contributed by atoms with Crippen molar-refractivity contribution in [3.8, 4) is 0 Å². The molecular formula is C21H27N3O3S. The number of likely N-dealkylation sites (N-methyl/N-ethyl adjacent to an activating group) is 1. The molecule has 0 radical (unpaired) electrons. The van der Waals surface area contributed by atoms with Crippen molar-refractivity contribution in [1.82, 2.24) is 14.7 Å². The fraction of sp³-hybridized carbons (Fsp3) is 0.429. The zero-order valence-corrected chi connectivity index (χ0v) is 17.7. The second-order valence-electron chi connectivity index (χ2n) is 7.59. The fourth-order valence-electron chi connectivity index (χ4n) is 3.63. The minimum Gasteiger partial charge on any atom is -0.338 e.